The van der Waals surface area contributed by atoms with Gasteiger partial charge in [-0.05, 0) is 73.9 Å². The van der Waals surface area contributed by atoms with Gasteiger partial charge in [-0.15, -0.1) is 6.58 Å². The molecular formula is C27H40N2. The second-order valence-electron chi connectivity index (χ2n) is 8.25. The average Bonchev–Trinajstić information content (AvgIpc) is 3.17. The minimum Gasteiger partial charge on any atom is -0.369 e. The van der Waals surface area contributed by atoms with Crippen LogP contribution in [0.1, 0.15) is 68.5 Å². The Kier molecular flexibility index (Phi) is 8.52. The third kappa shape index (κ3) is 5.30. The van der Waals surface area contributed by atoms with Gasteiger partial charge < -0.3 is 10.2 Å². The minimum atomic E-state index is 0.283. The van der Waals surface area contributed by atoms with Crippen LogP contribution >= 0.6 is 0 Å². The number of nitrogens with one attached hydrogen (secondary N) is 1. The summed E-state index contributed by atoms with van der Waals surface area (Å²) in [6.07, 6.45) is 3.21. The molecule has 29 heavy (non-hydrogen) atoms. The molecule has 3 rings (SSSR count). The van der Waals surface area contributed by atoms with Crippen molar-refractivity contribution in [2.75, 3.05) is 11.4 Å². The van der Waals surface area contributed by atoms with Crippen LogP contribution in [0.25, 0.3) is 0 Å². The SMILES string of the molecule is C=CC(C)C(NCc1ccc(C)c(C)c1)c1cccc2c1CCN2C(C)C.CC. The van der Waals surface area contributed by atoms with Crippen LogP contribution in [0, 0.1) is 19.8 Å². The molecule has 0 amide bonds. The molecule has 0 radical (unpaired) electrons. The molecule has 1 N–H and O–H groups in total. The first kappa shape index (κ1) is 23.2. The lowest BCUT2D eigenvalue weighted by Crippen LogP contribution is -2.28. The molecule has 1 heterocycles. The van der Waals surface area contributed by atoms with Crippen molar-refractivity contribution in [2.24, 2.45) is 5.92 Å². The summed E-state index contributed by atoms with van der Waals surface area (Å²) in [5.74, 6) is 0.371. The van der Waals surface area contributed by atoms with E-state index in [0.717, 1.165) is 19.5 Å². The number of anilines is 1. The highest BCUT2D eigenvalue weighted by Crippen LogP contribution is 2.37. The van der Waals surface area contributed by atoms with Gasteiger partial charge in [0.1, 0.15) is 0 Å². The Morgan fingerprint density at radius 3 is 2.41 bits per heavy atom. The van der Waals surface area contributed by atoms with E-state index < -0.39 is 0 Å². The number of hydrogen-bond acceptors (Lipinski definition) is 2. The monoisotopic (exact) mass is 392 g/mol. The molecule has 158 valence electrons. The highest BCUT2D eigenvalue weighted by molar-refractivity contribution is 5.62. The van der Waals surface area contributed by atoms with E-state index in [2.05, 4.69) is 93.9 Å². The zero-order valence-electron chi connectivity index (χ0n) is 19.5. The molecule has 2 heteroatoms. The molecule has 2 aromatic rings. The summed E-state index contributed by atoms with van der Waals surface area (Å²) in [4.78, 5) is 2.53. The lowest BCUT2D eigenvalue weighted by Gasteiger charge is -2.28. The number of benzene rings is 2. The summed E-state index contributed by atoms with van der Waals surface area (Å²) in [5.41, 5.74) is 8.41. The van der Waals surface area contributed by atoms with E-state index in [1.165, 1.54) is 33.5 Å². The fourth-order valence-corrected chi connectivity index (χ4v) is 4.17. The second kappa shape index (κ2) is 10.6. The lowest BCUT2D eigenvalue weighted by molar-refractivity contribution is 0.441. The van der Waals surface area contributed by atoms with Gasteiger partial charge >= 0.3 is 0 Å². The molecule has 2 aromatic carbocycles. The Labute approximate surface area is 179 Å². The summed E-state index contributed by atoms with van der Waals surface area (Å²) in [6.45, 7) is 21.3. The molecule has 2 unspecified atom stereocenters. The van der Waals surface area contributed by atoms with Gasteiger partial charge in [0.05, 0.1) is 0 Å². The number of hydrogen-bond donors (Lipinski definition) is 1. The highest BCUT2D eigenvalue weighted by atomic mass is 15.2. The van der Waals surface area contributed by atoms with E-state index in [-0.39, 0.29) is 6.04 Å². The third-order valence-electron chi connectivity index (χ3n) is 6.05. The molecule has 0 spiro atoms. The van der Waals surface area contributed by atoms with Gasteiger partial charge in [0.2, 0.25) is 0 Å². The quantitative estimate of drug-likeness (QED) is 0.524. The van der Waals surface area contributed by atoms with Crippen LogP contribution < -0.4 is 10.2 Å². The van der Waals surface area contributed by atoms with Crippen molar-refractivity contribution in [1.82, 2.24) is 5.32 Å². The molecule has 0 fully saturated rings. The molecule has 0 saturated carbocycles. The zero-order valence-corrected chi connectivity index (χ0v) is 19.5. The molecular weight excluding hydrogens is 352 g/mol. The lowest BCUT2D eigenvalue weighted by atomic mass is 9.89. The van der Waals surface area contributed by atoms with Gasteiger partial charge in [0.25, 0.3) is 0 Å². The standard InChI is InChI=1S/C25H34N2.C2H6/c1-7-18(4)25(26-16-21-12-11-19(5)20(6)15-21)23-9-8-10-24-22(23)13-14-27(24)17(2)3;1-2/h7-12,15,17-18,25-26H,1,13-14,16H2,2-6H3;1-2H3. The predicted molar refractivity (Wildman–Crippen MR) is 129 cm³/mol. The summed E-state index contributed by atoms with van der Waals surface area (Å²) < 4.78 is 0. The van der Waals surface area contributed by atoms with Crippen LogP contribution in [0.15, 0.2) is 49.1 Å². The summed E-state index contributed by atoms with van der Waals surface area (Å²) in [7, 11) is 0. The van der Waals surface area contributed by atoms with Gasteiger partial charge in [0.15, 0.2) is 0 Å². The largest absolute Gasteiger partial charge is 0.369 e. The second-order valence-corrected chi connectivity index (χ2v) is 8.25. The van der Waals surface area contributed by atoms with Crippen LogP contribution in [0.5, 0.6) is 0 Å². The zero-order chi connectivity index (χ0) is 21.6. The molecule has 1 aliphatic rings. The Bertz CT molecular complexity index is 806. The maximum absolute atomic E-state index is 4.07. The van der Waals surface area contributed by atoms with Crippen molar-refractivity contribution in [2.45, 2.75) is 73.5 Å². The Balaban J connectivity index is 0.00000145. The topological polar surface area (TPSA) is 15.3 Å². The van der Waals surface area contributed by atoms with E-state index in [1.807, 2.05) is 13.8 Å². The first-order valence-electron chi connectivity index (χ1n) is 11.2. The summed E-state index contributed by atoms with van der Waals surface area (Å²) in [6, 6.07) is 14.4. The van der Waals surface area contributed by atoms with Crippen molar-refractivity contribution in [3.05, 3.63) is 76.9 Å². The molecule has 2 atom stereocenters. The van der Waals surface area contributed by atoms with Gasteiger partial charge in [-0.2, -0.15) is 0 Å². The highest BCUT2D eigenvalue weighted by Gasteiger charge is 2.27. The maximum Gasteiger partial charge on any atom is 0.0405 e. The Morgan fingerprint density at radius 1 is 1.07 bits per heavy atom. The fourth-order valence-electron chi connectivity index (χ4n) is 4.17. The molecule has 2 nitrogen and oxygen atoms in total. The smallest absolute Gasteiger partial charge is 0.0405 e. The molecule has 0 saturated heterocycles. The summed E-state index contributed by atoms with van der Waals surface area (Å²) in [5, 5.41) is 3.83. The van der Waals surface area contributed by atoms with Gasteiger partial charge in [0, 0.05) is 30.9 Å². The Hall–Kier alpha value is -2.06. The fraction of sp³-hybridized carbons (Fsp3) is 0.481. The number of aryl methyl sites for hydroxylation is 2. The van der Waals surface area contributed by atoms with E-state index in [9.17, 15) is 0 Å². The van der Waals surface area contributed by atoms with Crippen LogP contribution in [0.2, 0.25) is 0 Å². The van der Waals surface area contributed by atoms with Crippen LogP contribution in [0.3, 0.4) is 0 Å². The van der Waals surface area contributed by atoms with Crippen molar-refractivity contribution in [1.29, 1.82) is 0 Å². The van der Waals surface area contributed by atoms with E-state index in [4.69, 9.17) is 0 Å². The van der Waals surface area contributed by atoms with Crippen molar-refractivity contribution < 1.29 is 0 Å². The first-order chi connectivity index (χ1) is 13.9. The average molecular weight is 393 g/mol. The first-order valence-corrected chi connectivity index (χ1v) is 11.2. The molecule has 1 aliphatic heterocycles. The summed E-state index contributed by atoms with van der Waals surface area (Å²) >= 11 is 0. The van der Waals surface area contributed by atoms with Crippen LogP contribution in [0.4, 0.5) is 5.69 Å². The maximum atomic E-state index is 4.07. The van der Waals surface area contributed by atoms with Crippen LogP contribution in [-0.4, -0.2) is 12.6 Å². The van der Waals surface area contributed by atoms with E-state index in [1.54, 1.807) is 0 Å². The Morgan fingerprint density at radius 2 is 1.79 bits per heavy atom. The number of rotatable bonds is 7. The molecule has 0 aromatic heterocycles. The minimum absolute atomic E-state index is 0.283. The van der Waals surface area contributed by atoms with E-state index in [0.29, 0.717) is 12.0 Å². The van der Waals surface area contributed by atoms with Gasteiger partial charge in [-0.1, -0.05) is 57.2 Å². The number of fused-ring (bicyclic) bond motifs is 1. The normalized spacial score (nSPS) is 14.8. The third-order valence-corrected chi connectivity index (χ3v) is 6.05. The molecule has 0 aliphatic carbocycles. The van der Waals surface area contributed by atoms with Gasteiger partial charge in [-0.25, -0.2) is 0 Å². The molecule has 0 bridgehead atoms. The van der Waals surface area contributed by atoms with Crippen LogP contribution in [-0.2, 0) is 13.0 Å². The number of nitrogens with zero attached hydrogens (tertiary/aromatic N) is 1. The van der Waals surface area contributed by atoms with Crippen molar-refractivity contribution in [3.8, 4) is 0 Å². The predicted octanol–water partition coefficient (Wildman–Crippen LogP) is 6.75. The van der Waals surface area contributed by atoms with Gasteiger partial charge in [-0.3, -0.25) is 0 Å². The van der Waals surface area contributed by atoms with Crippen molar-refractivity contribution in [3.63, 3.8) is 0 Å². The van der Waals surface area contributed by atoms with Crippen molar-refractivity contribution >= 4 is 5.69 Å². The van der Waals surface area contributed by atoms with E-state index >= 15 is 0 Å².